The fourth-order valence-corrected chi connectivity index (χ4v) is 2.06. The van der Waals surface area contributed by atoms with Gasteiger partial charge in [-0.3, -0.25) is 0 Å². The molecule has 4 nitrogen and oxygen atoms in total. The molecule has 0 saturated heterocycles. The Kier molecular flexibility index (Phi) is 4.78. The number of nitrogens with zero attached hydrogens (tertiary/aromatic N) is 2. The van der Waals surface area contributed by atoms with Crippen LogP contribution >= 0.6 is 0 Å². The molecule has 112 valence electrons. The second-order valence-corrected chi connectivity index (χ2v) is 5.17. The van der Waals surface area contributed by atoms with Gasteiger partial charge in [-0.25, -0.2) is 4.98 Å². The topological polar surface area (TPSA) is 47.0 Å². The lowest BCUT2D eigenvalue weighted by Gasteiger charge is -2.14. The molecule has 0 atom stereocenters. The highest BCUT2D eigenvalue weighted by Gasteiger charge is 2.13. The van der Waals surface area contributed by atoms with Gasteiger partial charge in [-0.05, 0) is 44.9 Å². The van der Waals surface area contributed by atoms with Crippen LogP contribution in [0, 0.1) is 20.8 Å². The fourth-order valence-electron chi connectivity index (χ4n) is 2.06. The Morgan fingerprint density at radius 1 is 1.10 bits per heavy atom. The lowest BCUT2D eigenvalue weighted by Crippen LogP contribution is -2.07. The lowest BCUT2D eigenvalue weighted by molar-refractivity contribution is 0.451. The molecule has 4 heteroatoms. The second kappa shape index (κ2) is 6.57. The quantitative estimate of drug-likeness (QED) is 0.895. The van der Waals surface area contributed by atoms with Gasteiger partial charge in [0.15, 0.2) is 0 Å². The van der Waals surface area contributed by atoms with Gasteiger partial charge in [-0.2, -0.15) is 4.98 Å². The first-order valence-corrected chi connectivity index (χ1v) is 7.41. The van der Waals surface area contributed by atoms with E-state index in [9.17, 15) is 0 Å². The molecule has 0 spiro atoms. The van der Waals surface area contributed by atoms with Gasteiger partial charge < -0.3 is 10.1 Å². The molecule has 1 aromatic carbocycles. The van der Waals surface area contributed by atoms with Crippen molar-refractivity contribution in [2.24, 2.45) is 0 Å². The van der Waals surface area contributed by atoms with Crippen LogP contribution in [0.2, 0.25) is 0 Å². The number of aromatic nitrogens is 2. The molecular formula is C17H23N3O. The van der Waals surface area contributed by atoms with Crippen LogP contribution < -0.4 is 10.1 Å². The van der Waals surface area contributed by atoms with Crippen LogP contribution in [0.3, 0.4) is 0 Å². The van der Waals surface area contributed by atoms with Gasteiger partial charge in [0.2, 0.25) is 5.88 Å². The minimum atomic E-state index is 0.631. The smallest absolute Gasteiger partial charge is 0.227 e. The maximum Gasteiger partial charge on any atom is 0.227 e. The van der Waals surface area contributed by atoms with Gasteiger partial charge in [0.05, 0.1) is 5.56 Å². The lowest BCUT2D eigenvalue weighted by atomic mass is 10.1. The van der Waals surface area contributed by atoms with Crippen molar-refractivity contribution in [2.75, 3.05) is 11.9 Å². The Morgan fingerprint density at radius 3 is 2.52 bits per heavy atom. The largest absolute Gasteiger partial charge is 0.438 e. The summed E-state index contributed by atoms with van der Waals surface area (Å²) < 4.78 is 6.06. The van der Waals surface area contributed by atoms with Crippen LogP contribution in [0.5, 0.6) is 11.6 Å². The summed E-state index contributed by atoms with van der Waals surface area (Å²) in [5.41, 5.74) is 3.21. The van der Waals surface area contributed by atoms with Crippen LogP contribution in [0.25, 0.3) is 0 Å². The van der Waals surface area contributed by atoms with E-state index in [4.69, 9.17) is 4.74 Å². The first-order chi connectivity index (χ1) is 10.0. The highest BCUT2D eigenvalue weighted by molar-refractivity contribution is 5.50. The molecule has 1 heterocycles. The van der Waals surface area contributed by atoms with Crippen molar-refractivity contribution in [3.63, 3.8) is 0 Å². The average molecular weight is 285 g/mol. The molecule has 0 amide bonds. The van der Waals surface area contributed by atoms with Crippen molar-refractivity contribution < 1.29 is 4.74 Å². The molecule has 0 aliphatic rings. The van der Waals surface area contributed by atoms with Crippen LogP contribution in [-0.4, -0.2) is 16.5 Å². The Bertz CT molecular complexity index is 638. The van der Waals surface area contributed by atoms with E-state index in [1.54, 1.807) is 0 Å². The first-order valence-electron chi connectivity index (χ1n) is 7.41. The van der Waals surface area contributed by atoms with Gasteiger partial charge in [0, 0.05) is 13.0 Å². The minimum Gasteiger partial charge on any atom is -0.438 e. The van der Waals surface area contributed by atoms with Crippen LogP contribution in [0.4, 0.5) is 5.82 Å². The summed E-state index contributed by atoms with van der Waals surface area (Å²) in [6, 6.07) is 6.18. The van der Waals surface area contributed by atoms with Gasteiger partial charge in [0.1, 0.15) is 17.4 Å². The van der Waals surface area contributed by atoms with Gasteiger partial charge >= 0.3 is 0 Å². The predicted molar refractivity (Wildman–Crippen MR) is 86.3 cm³/mol. The summed E-state index contributed by atoms with van der Waals surface area (Å²) in [5, 5.41) is 3.27. The Balaban J connectivity index is 2.43. The van der Waals surface area contributed by atoms with Crippen molar-refractivity contribution >= 4 is 5.82 Å². The maximum absolute atomic E-state index is 6.06. The fraction of sp³-hybridized carbons (Fsp3) is 0.412. The van der Waals surface area contributed by atoms with E-state index >= 15 is 0 Å². The monoisotopic (exact) mass is 285 g/mol. The number of anilines is 1. The van der Waals surface area contributed by atoms with Gasteiger partial charge in [0.25, 0.3) is 0 Å². The predicted octanol–water partition coefficient (Wildman–Crippen LogP) is 4.19. The van der Waals surface area contributed by atoms with Crippen molar-refractivity contribution in [3.8, 4) is 11.6 Å². The second-order valence-electron chi connectivity index (χ2n) is 5.17. The molecule has 0 aliphatic heterocycles. The Hall–Kier alpha value is -2.10. The van der Waals surface area contributed by atoms with E-state index in [1.165, 1.54) is 5.56 Å². The van der Waals surface area contributed by atoms with Crippen LogP contribution in [0.15, 0.2) is 18.2 Å². The molecular weight excluding hydrogens is 262 g/mol. The standard InChI is InChI=1S/C17H23N3O/c1-6-15-19-16(18-7-2)13(5)17(20-15)21-14-10-11(3)8-9-12(14)4/h8-10H,6-7H2,1-5H3,(H,18,19,20). The van der Waals surface area contributed by atoms with Crippen molar-refractivity contribution in [3.05, 3.63) is 40.7 Å². The van der Waals surface area contributed by atoms with E-state index in [0.29, 0.717) is 5.88 Å². The van der Waals surface area contributed by atoms with Crippen molar-refractivity contribution in [1.29, 1.82) is 0 Å². The molecule has 2 aromatic rings. The number of rotatable bonds is 5. The molecule has 1 aromatic heterocycles. The van der Waals surface area contributed by atoms with Gasteiger partial charge in [-0.1, -0.05) is 19.1 Å². The number of benzene rings is 1. The zero-order chi connectivity index (χ0) is 15.4. The van der Waals surface area contributed by atoms with E-state index in [2.05, 4.69) is 41.3 Å². The van der Waals surface area contributed by atoms with E-state index in [1.807, 2.05) is 26.8 Å². The zero-order valence-corrected chi connectivity index (χ0v) is 13.4. The summed E-state index contributed by atoms with van der Waals surface area (Å²) in [7, 11) is 0. The minimum absolute atomic E-state index is 0.631. The van der Waals surface area contributed by atoms with Crippen molar-refractivity contribution in [2.45, 2.75) is 41.0 Å². The molecule has 2 rings (SSSR count). The number of hydrogen-bond acceptors (Lipinski definition) is 4. The number of nitrogens with one attached hydrogen (secondary N) is 1. The Labute approximate surface area is 126 Å². The third kappa shape index (κ3) is 3.51. The summed E-state index contributed by atoms with van der Waals surface area (Å²) in [5.74, 6) is 3.12. The third-order valence-corrected chi connectivity index (χ3v) is 3.36. The normalized spacial score (nSPS) is 10.5. The molecule has 0 saturated carbocycles. The molecule has 21 heavy (non-hydrogen) atoms. The molecule has 0 unspecified atom stereocenters. The molecule has 0 bridgehead atoms. The summed E-state index contributed by atoms with van der Waals surface area (Å²) in [6.45, 7) is 11.0. The van der Waals surface area contributed by atoms with E-state index < -0.39 is 0 Å². The zero-order valence-electron chi connectivity index (χ0n) is 13.4. The first kappa shape index (κ1) is 15.3. The number of aryl methyl sites for hydroxylation is 3. The summed E-state index contributed by atoms with van der Waals surface area (Å²) in [6.07, 6.45) is 0.780. The number of hydrogen-bond donors (Lipinski definition) is 1. The molecule has 0 fully saturated rings. The van der Waals surface area contributed by atoms with Crippen LogP contribution in [-0.2, 0) is 6.42 Å². The third-order valence-electron chi connectivity index (χ3n) is 3.36. The highest BCUT2D eigenvalue weighted by atomic mass is 16.5. The van der Waals surface area contributed by atoms with Gasteiger partial charge in [-0.15, -0.1) is 0 Å². The highest BCUT2D eigenvalue weighted by Crippen LogP contribution is 2.29. The van der Waals surface area contributed by atoms with E-state index in [-0.39, 0.29) is 0 Å². The SMILES string of the molecule is CCNc1nc(CC)nc(Oc2cc(C)ccc2C)c1C. The Morgan fingerprint density at radius 2 is 1.86 bits per heavy atom. The summed E-state index contributed by atoms with van der Waals surface area (Å²) in [4.78, 5) is 9.05. The molecule has 0 radical (unpaired) electrons. The maximum atomic E-state index is 6.06. The van der Waals surface area contributed by atoms with Crippen LogP contribution in [0.1, 0.15) is 36.4 Å². The van der Waals surface area contributed by atoms with E-state index in [0.717, 1.165) is 41.5 Å². The molecule has 0 aliphatic carbocycles. The average Bonchev–Trinajstić information content (AvgIpc) is 2.47. The summed E-state index contributed by atoms with van der Waals surface area (Å²) >= 11 is 0. The number of ether oxygens (including phenoxy) is 1. The molecule has 1 N–H and O–H groups in total. The van der Waals surface area contributed by atoms with Crippen molar-refractivity contribution in [1.82, 2.24) is 9.97 Å².